The summed E-state index contributed by atoms with van der Waals surface area (Å²) in [5.74, 6) is 0.375. The summed E-state index contributed by atoms with van der Waals surface area (Å²) in [6.45, 7) is 0.926. The van der Waals surface area contributed by atoms with Crippen molar-refractivity contribution in [3.63, 3.8) is 0 Å². The summed E-state index contributed by atoms with van der Waals surface area (Å²) in [7, 11) is 0. The zero-order chi connectivity index (χ0) is 21.7. The van der Waals surface area contributed by atoms with Crippen LogP contribution in [0.15, 0.2) is 41.5 Å². The molecule has 3 heterocycles. The quantitative estimate of drug-likeness (QED) is 0.686. The Morgan fingerprint density at radius 2 is 2.00 bits per heavy atom. The van der Waals surface area contributed by atoms with Crippen LogP contribution in [0.5, 0.6) is 0 Å². The lowest BCUT2D eigenvalue weighted by molar-refractivity contribution is -0.138. The van der Waals surface area contributed by atoms with Crippen molar-refractivity contribution in [2.45, 2.75) is 19.6 Å². The van der Waals surface area contributed by atoms with Crippen molar-refractivity contribution in [3.8, 4) is 0 Å². The number of aromatic nitrogens is 3. The Morgan fingerprint density at radius 1 is 1.25 bits per heavy atom. The molecule has 0 saturated carbocycles. The van der Waals surface area contributed by atoms with Gasteiger partial charge in [0.05, 0.1) is 21.5 Å². The minimum absolute atomic E-state index is 0.132. The Hall–Kier alpha value is -2.81. The standard InChI is InChI=1S/C19H19F3N4O2/c1-13-14(3-2-4-15(13)19(20,21)22)12-25-5-6-26-17(25)11-16(23-18(26)27)24-7-9-28-10-8-24/h2-6,11H,7-10,12H2,1H3/i12D2. The van der Waals surface area contributed by atoms with Gasteiger partial charge in [0.15, 0.2) is 0 Å². The van der Waals surface area contributed by atoms with Gasteiger partial charge in [-0.15, -0.1) is 0 Å². The van der Waals surface area contributed by atoms with Crippen LogP contribution >= 0.6 is 0 Å². The summed E-state index contributed by atoms with van der Waals surface area (Å²) in [5, 5.41) is 0. The molecule has 1 saturated heterocycles. The number of imidazole rings is 1. The van der Waals surface area contributed by atoms with Crippen LogP contribution in [0.4, 0.5) is 19.0 Å². The molecule has 148 valence electrons. The predicted octanol–water partition coefficient (Wildman–Crippen LogP) is 2.71. The first kappa shape index (κ1) is 16.2. The largest absolute Gasteiger partial charge is 0.416 e. The zero-order valence-electron chi connectivity index (χ0n) is 17.0. The second-order valence-corrected chi connectivity index (χ2v) is 6.48. The van der Waals surface area contributed by atoms with Crippen molar-refractivity contribution in [1.29, 1.82) is 0 Å². The van der Waals surface area contributed by atoms with Crippen LogP contribution in [0.25, 0.3) is 5.65 Å². The smallest absolute Gasteiger partial charge is 0.378 e. The van der Waals surface area contributed by atoms with Gasteiger partial charge in [-0.1, -0.05) is 12.1 Å². The lowest BCUT2D eigenvalue weighted by Crippen LogP contribution is -2.38. The molecule has 1 aromatic carbocycles. The van der Waals surface area contributed by atoms with Gasteiger partial charge in [-0.2, -0.15) is 18.2 Å². The molecule has 6 nitrogen and oxygen atoms in total. The van der Waals surface area contributed by atoms with Crippen LogP contribution < -0.4 is 10.6 Å². The van der Waals surface area contributed by atoms with Gasteiger partial charge < -0.3 is 14.2 Å². The molecule has 3 aromatic rings. The van der Waals surface area contributed by atoms with Crippen molar-refractivity contribution in [2.75, 3.05) is 31.2 Å². The maximum absolute atomic E-state index is 13.3. The van der Waals surface area contributed by atoms with E-state index in [1.54, 1.807) is 6.07 Å². The molecule has 0 spiro atoms. The number of anilines is 1. The Labute approximate surface area is 161 Å². The number of alkyl halides is 3. The Balaban J connectivity index is 1.87. The fourth-order valence-electron chi connectivity index (χ4n) is 3.25. The average molecular weight is 394 g/mol. The molecule has 0 radical (unpaired) electrons. The second kappa shape index (κ2) is 6.97. The third-order valence-electron chi connectivity index (χ3n) is 4.75. The number of nitrogens with zero attached hydrogens (tertiary/aromatic N) is 4. The first-order valence-corrected chi connectivity index (χ1v) is 8.72. The molecule has 0 N–H and O–H groups in total. The summed E-state index contributed by atoms with van der Waals surface area (Å²) < 4.78 is 64.9. The van der Waals surface area contributed by atoms with E-state index in [4.69, 9.17) is 7.48 Å². The van der Waals surface area contributed by atoms with Crippen LogP contribution in [-0.2, 0) is 17.4 Å². The minimum Gasteiger partial charge on any atom is -0.378 e. The number of hydrogen-bond acceptors (Lipinski definition) is 4. The monoisotopic (exact) mass is 394 g/mol. The number of morpholine rings is 1. The molecule has 1 fully saturated rings. The van der Waals surface area contributed by atoms with Crippen molar-refractivity contribution in [3.05, 3.63) is 63.8 Å². The van der Waals surface area contributed by atoms with Crippen LogP contribution in [0.3, 0.4) is 0 Å². The predicted molar refractivity (Wildman–Crippen MR) is 97.8 cm³/mol. The zero-order valence-corrected chi connectivity index (χ0v) is 15.0. The summed E-state index contributed by atoms with van der Waals surface area (Å²) in [4.78, 5) is 18.4. The maximum atomic E-state index is 13.3. The number of fused-ring (bicyclic) bond motifs is 1. The van der Waals surface area contributed by atoms with E-state index in [1.165, 1.54) is 35.9 Å². The van der Waals surface area contributed by atoms with E-state index in [2.05, 4.69) is 4.98 Å². The Bertz CT molecular complexity index is 1150. The summed E-state index contributed by atoms with van der Waals surface area (Å²) in [6, 6.07) is 4.99. The van der Waals surface area contributed by atoms with Crippen LogP contribution in [0.2, 0.25) is 0 Å². The number of hydrogen-bond donors (Lipinski definition) is 0. The normalized spacial score (nSPS) is 16.9. The van der Waals surface area contributed by atoms with E-state index in [-0.39, 0.29) is 16.8 Å². The van der Waals surface area contributed by atoms with Crippen molar-refractivity contribution >= 4 is 11.5 Å². The van der Waals surface area contributed by atoms with E-state index in [0.29, 0.717) is 32.1 Å². The maximum Gasteiger partial charge on any atom is 0.416 e. The Kier molecular flexibility index (Phi) is 4.03. The molecular weight excluding hydrogens is 373 g/mol. The van der Waals surface area contributed by atoms with E-state index < -0.39 is 23.9 Å². The number of ether oxygens (including phenoxy) is 1. The van der Waals surface area contributed by atoms with Gasteiger partial charge in [0, 0.05) is 38.0 Å². The highest BCUT2D eigenvalue weighted by atomic mass is 19.4. The third kappa shape index (κ3) is 3.37. The molecule has 0 amide bonds. The highest BCUT2D eigenvalue weighted by molar-refractivity contribution is 5.52. The Morgan fingerprint density at radius 3 is 2.71 bits per heavy atom. The lowest BCUT2D eigenvalue weighted by Gasteiger charge is -2.27. The molecule has 0 unspecified atom stereocenters. The number of halogens is 3. The van der Waals surface area contributed by atoms with Gasteiger partial charge in [0.2, 0.25) is 0 Å². The highest BCUT2D eigenvalue weighted by Gasteiger charge is 2.32. The van der Waals surface area contributed by atoms with E-state index in [0.717, 1.165) is 10.6 Å². The molecule has 0 aliphatic carbocycles. The molecule has 28 heavy (non-hydrogen) atoms. The SMILES string of the molecule is [2H]C([2H])(c1cccc(C(F)(F)F)c1C)n1ccn2c(=O)nc(N3CCOCC3)cc12. The van der Waals surface area contributed by atoms with Gasteiger partial charge in [0.1, 0.15) is 11.5 Å². The van der Waals surface area contributed by atoms with Crippen molar-refractivity contribution < 1.29 is 20.6 Å². The van der Waals surface area contributed by atoms with Gasteiger partial charge in [-0.05, 0) is 24.1 Å². The van der Waals surface area contributed by atoms with Gasteiger partial charge in [-0.25, -0.2) is 4.79 Å². The van der Waals surface area contributed by atoms with Crippen molar-refractivity contribution in [2.24, 2.45) is 0 Å². The first-order chi connectivity index (χ1) is 14.1. The number of rotatable bonds is 3. The van der Waals surface area contributed by atoms with Crippen molar-refractivity contribution in [1.82, 2.24) is 14.0 Å². The molecule has 0 atom stereocenters. The van der Waals surface area contributed by atoms with E-state index in [9.17, 15) is 18.0 Å². The van der Waals surface area contributed by atoms with E-state index in [1.807, 2.05) is 4.90 Å². The summed E-state index contributed by atoms with van der Waals surface area (Å²) in [5.41, 5.74) is -1.63. The van der Waals surface area contributed by atoms with Gasteiger partial charge in [-0.3, -0.25) is 4.40 Å². The minimum atomic E-state index is -4.60. The fourth-order valence-corrected chi connectivity index (χ4v) is 3.25. The second-order valence-electron chi connectivity index (χ2n) is 6.48. The fraction of sp³-hybridized carbons (Fsp3) is 0.368. The lowest BCUT2D eigenvalue weighted by atomic mass is 10.0. The summed E-state index contributed by atoms with van der Waals surface area (Å²) in [6.07, 6.45) is -1.91. The molecule has 4 rings (SSSR count). The molecule has 1 aliphatic heterocycles. The van der Waals surface area contributed by atoms with Crippen LogP contribution in [0, 0.1) is 6.92 Å². The molecule has 2 aromatic heterocycles. The molecule has 1 aliphatic rings. The van der Waals surface area contributed by atoms with E-state index >= 15 is 0 Å². The number of benzene rings is 1. The van der Waals surface area contributed by atoms with Gasteiger partial charge in [0.25, 0.3) is 0 Å². The third-order valence-corrected chi connectivity index (χ3v) is 4.75. The average Bonchev–Trinajstić information content (AvgIpc) is 3.13. The topological polar surface area (TPSA) is 51.8 Å². The molecule has 9 heteroatoms. The van der Waals surface area contributed by atoms with Crippen LogP contribution in [-0.4, -0.2) is 40.3 Å². The van der Waals surface area contributed by atoms with Crippen LogP contribution in [0.1, 0.15) is 19.4 Å². The first-order valence-electron chi connectivity index (χ1n) is 9.72. The summed E-state index contributed by atoms with van der Waals surface area (Å²) >= 11 is 0. The molecular formula is C19H19F3N4O2. The highest BCUT2D eigenvalue weighted by Crippen LogP contribution is 2.33. The van der Waals surface area contributed by atoms with Gasteiger partial charge >= 0.3 is 11.9 Å². The molecule has 0 bridgehead atoms.